The van der Waals surface area contributed by atoms with E-state index in [1.165, 1.54) is 70.0 Å². The summed E-state index contributed by atoms with van der Waals surface area (Å²) in [6, 6.07) is 4.79. The lowest BCUT2D eigenvalue weighted by Gasteiger charge is -2.20. The summed E-state index contributed by atoms with van der Waals surface area (Å²) in [4.78, 5) is 8.93. The molecule has 3 rings (SSSR count). The molecule has 1 aromatic rings. The average Bonchev–Trinajstić information content (AvgIpc) is 3.13. The molecule has 1 fully saturated rings. The van der Waals surface area contributed by atoms with E-state index in [0.717, 1.165) is 6.54 Å². The van der Waals surface area contributed by atoms with E-state index >= 15 is 0 Å². The molecule has 3 heterocycles. The van der Waals surface area contributed by atoms with Gasteiger partial charge in [-0.3, -0.25) is 9.88 Å². The molecular weight excluding hydrogens is 318 g/mol. The van der Waals surface area contributed by atoms with Gasteiger partial charge in [0.2, 0.25) is 0 Å². The Labute approximate surface area is 160 Å². The van der Waals surface area contributed by atoms with Crippen LogP contribution in [0.25, 0.3) is 0 Å². The summed E-state index contributed by atoms with van der Waals surface area (Å²) in [5.74, 6) is 0. The van der Waals surface area contributed by atoms with Gasteiger partial charge < -0.3 is 4.90 Å². The van der Waals surface area contributed by atoms with Crippen molar-refractivity contribution in [2.75, 3.05) is 26.7 Å². The number of likely N-dealkylation sites (tertiary alicyclic amines) is 1. The van der Waals surface area contributed by atoms with Gasteiger partial charge in [-0.1, -0.05) is 57.2 Å². The fraction of sp³-hybridized carbons (Fsp3) is 0.609. The molecule has 1 unspecified atom stereocenters. The summed E-state index contributed by atoms with van der Waals surface area (Å²) < 4.78 is 0. The van der Waals surface area contributed by atoms with Crippen LogP contribution in [-0.2, 0) is 0 Å². The molecule has 3 nitrogen and oxygen atoms in total. The predicted octanol–water partition coefficient (Wildman–Crippen LogP) is 5.58. The first-order valence-electron chi connectivity index (χ1n) is 10.5. The Bertz CT molecular complexity index is 524. The number of hydrogen-bond acceptors (Lipinski definition) is 3. The lowest BCUT2D eigenvalue weighted by molar-refractivity contribution is 0.317. The van der Waals surface area contributed by atoms with Crippen LogP contribution in [0.15, 0.2) is 49.0 Å². The van der Waals surface area contributed by atoms with E-state index in [1.807, 2.05) is 18.5 Å². The maximum Gasteiger partial charge on any atom is 0.0360 e. The Morgan fingerprint density at radius 1 is 1.12 bits per heavy atom. The third-order valence-electron chi connectivity index (χ3n) is 5.27. The van der Waals surface area contributed by atoms with Gasteiger partial charge in [-0.2, -0.15) is 0 Å². The highest BCUT2D eigenvalue weighted by Gasteiger charge is 2.21. The van der Waals surface area contributed by atoms with E-state index in [-0.39, 0.29) is 0 Å². The number of pyridine rings is 1. The molecule has 0 aromatic carbocycles. The highest BCUT2D eigenvalue weighted by Crippen LogP contribution is 2.29. The van der Waals surface area contributed by atoms with E-state index in [9.17, 15) is 0 Å². The average molecular weight is 356 g/mol. The maximum atomic E-state index is 4.14. The molecule has 2 aliphatic heterocycles. The number of allylic oxidation sites excluding steroid dienone is 2. The fourth-order valence-electron chi connectivity index (χ4n) is 3.67. The summed E-state index contributed by atoms with van der Waals surface area (Å²) in [5, 5.41) is 0. The molecule has 1 atom stereocenters. The number of unbranched alkanes of at least 4 members (excludes halogenated alkanes) is 5. The molecule has 0 aliphatic carbocycles. The van der Waals surface area contributed by atoms with Crippen molar-refractivity contribution in [2.24, 2.45) is 0 Å². The van der Waals surface area contributed by atoms with Crippen molar-refractivity contribution in [3.8, 4) is 0 Å². The Hall–Kier alpha value is -1.61. The van der Waals surface area contributed by atoms with Crippen molar-refractivity contribution in [1.29, 1.82) is 0 Å². The maximum absolute atomic E-state index is 4.14. The minimum Gasteiger partial charge on any atom is -0.374 e. The van der Waals surface area contributed by atoms with Crippen LogP contribution >= 0.6 is 0 Å². The first-order valence-corrected chi connectivity index (χ1v) is 10.5. The zero-order valence-corrected chi connectivity index (χ0v) is 16.8. The summed E-state index contributed by atoms with van der Waals surface area (Å²) >= 11 is 0. The van der Waals surface area contributed by atoms with E-state index in [4.69, 9.17) is 0 Å². The molecule has 1 saturated heterocycles. The number of hydrogen-bond donors (Lipinski definition) is 0. The van der Waals surface area contributed by atoms with E-state index < -0.39 is 0 Å². The normalized spacial score (nSPS) is 19.5. The summed E-state index contributed by atoms with van der Waals surface area (Å²) in [6.45, 7) is 5.82. The summed E-state index contributed by atoms with van der Waals surface area (Å²) in [5.41, 5.74) is 1.36. The molecule has 2 aliphatic rings. The van der Waals surface area contributed by atoms with Gasteiger partial charge in [0.25, 0.3) is 0 Å². The lowest BCUT2D eigenvalue weighted by Crippen LogP contribution is -2.19. The molecule has 3 heteroatoms. The molecule has 0 spiro atoms. The Morgan fingerprint density at radius 3 is 2.62 bits per heavy atom. The largest absolute Gasteiger partial charge is 0.374 e. The Morgan fingerprint density at radius 2 is 1.96 bits per heavy atom. The highest BCUT2D eigenvalue weighted by molar-refractivity contribution is 5.14. The monoisotopic (exact) mass is 355 g/mol. The third-order valence-corrected chi connectivity index (χ3v) is 5.27. The zero-order chi connectivity index (χ0) is 18.5. The molecule has 144 valence electrons. The zero-order valence-electron chi connectivity index (χ0n) is 16.8. The molecule has 1 aromatic heterocycles. The molecule has 0 N–H and O–H groups in total. The molecule has 26 heavy (non-hydrogen) atoms. The van der Waals surface area contributed by atoms with Gasteiger partial charge in [0.1, 0.15) is 0 Å². The summed E-state index contributed by atoms with van der Waals surface area (Å²) in [6.07, 6.45) is 23.4. The van der Waals surface area contributed by atoms with E-state index in [1.54, 1.807) is 0 Å². The van der Waals surface area contributed by atoms with Gasteiger partial charge in [-0.05, 0) is 56.8 Å². The standard InChI is InChI=1S/C13H23N.C10H14N2/c1-2-3-4-5-6-8-11-14-12-9-7-10-13-14;1-12-7-3-5-10(12)9-4-2-6-11-8-9/h7,9-10,12H,2-6,8,11,13H2,1H3;2,4,6,8,10H,3,5,7H2,1H3. The minimum absolute atomic E-state index is 0.610. The minimum atomic E-state index is 0.610. The second-order valence-corrected chi connectivity index (χ2v) is 7.46. The first kappa shape index (κ1) is 20.7. The topological polar surface area (TPSA) is 19.4 Å². The summed E-state index contributed by atoms with van der Waals surface area (Å²) in [7, 11) is 2.19. The van der Waals surface area contributed by atoms with Crippen LogP contribution in [0.4, 0.5) is 0 Å². The van der Waals surface area contributed by atoms with Gasteiger partial charge in [0.05, 0.1) is 0 Å². The first-order chi connectivity index (χ1) is 12.8. The van der Waals surface area contributed by atoms with Crippen LogP contribution in [0.3, 0.4) is 0 Å². The molecular formula is C23H37N3. The van der Waals surface area contributed by atoms with Crippen molar-refractivity contribution in [3.63, 3.8) is 0 Å². The van der Waals surface area contributed by atoms with Crippen LogP contribution in [-0.4, -0.2) is 41.5 Å². The van der Waals surface area contributed by atoms with E-state index in [0.29, 0.717) is 6.04 Å². The van der Waals surface area contributed by atoms with E-state index in [2.05, 4.69) is 59.2 Å². The molecule has 0 radical (unpaired) electrons. The van der Waals surface area contributed by atoms with Gasteiger partial charge in [-0.15, -0.1) is 0 Å². The van der Waals surface area contributed by atoms with Crippen LogP contribution in [0.2, 0.25) is 0 Å². The second-order valence-electron chi connectivity index (χ2n) is 7.46. The quantitative estimate of drug-likeness (QED) is 0.567. The van der Waals surface area contributed by atoms with Crippen LogP contribution < -0.4 is 0 Å². The van der Waals surface area contributed by atoms with Crippen LogP contribution in [0, 0.1) is 0 Å². The Balaban J connectivity index is 0.000000189. The number of aromatic nitrogens is 1. The predicted molar refractivity (Wildman–Crippen MR) is 112 cm³/mol. The molecule has 0 bridgehead atoms. The molecule has 0 amide bonds. The lowest BCUT2D eigenvalue weighted by atomic mass is 10.1. The fourth-order valence-corrected chi connectivity index (χ4v) is 3.67. The Kier molecular flexibility index (Phi) is 10.1. The molecule has 0 saturated carbocycles. The van der Waals surface area contributed by atoms with Gasteiger partial charge in [0, 0.05) is 31.5 Å². The van der Waals surface area contributed by atoms with Gasteiger partial charge >= 0.3 is 0 Å². The van der Waals surface area contributed by atoms with Crippen molar-refractivity contribution in [2.45, 2.75) is 64.3 Å². The van der Waals surface area contributed by atoms with Crippen molar-refractivity contribution < 1.29 is 0 Å². The van der Waals surface area contributed by atoms with Crippen LogP contribution in [0.5, 0.6) is 0 Å². The van der Waals surface area contributed by atoms with Crippen molar-refractivity contribution in [1.82, 2.24) is 14.8 Å². The number of nitrogens with zero attached hydrogens (tertiary/aromatic N) is 3. The van der Waals surface area contributed by atoms with Gasteiger partial charge in [0.15, 0.2) is 0 Å². The van der Waals surface area contributed by atoms with Crippen molar-refractivity contribution in [3.05, 3.63) is 54.5 Å². The van der Waals surface area contributed by atoms with Crippen molar-refractivity contribution >= 4 is 0 Å². The second kappa shape index (κ2) is 12.7. The SMILES string of the molecule is CCCCCCCCN1C=CC=CC1.CN1CCCC1c1cccnc1. The highest BCUT2D eigenvalue weighted by atomic mass is 15.1. The van der Waals surface area contributed by atoms with Gasteiger partial charge in [-0.25, -0.2) is 0 Å². The smallest absolute Gasteiger partial charge is 0.0360 e. The van der Waals surface area contributed by atoms with Crippen LogP contribution in [0.1, 0.15) is 69.9 Å². The number of rotatable bonds is 8. The third kappa shape index (κ3) is 7.74.